The summed E-state index contributed by atoms with van der Waals surface area (Å²) in [6.45, 7) is 0.341. The van der Waals surface area contributed by atoms with Crippen molar-refractivity contribution in [2.75, 3.05) is 18.5 Å². The summed E-state index contributed by atoms with van der Waals surface area (Å²) in [5, 5.41) is 15.4. The maximum absolute atomic E-state index is 13.5. The SMILES string of the molecule is Cc1ccc(NC(=O)COC(=O)CNC(=O)c2ccccc2F)cc1[N+](=O)[O-]. The zero-order chi connectivity index (χ0) is 20.7. The van der Waals surface area contributed by atoms with Crippen molar-refractivity contribution < 1.29 is 28.4 Å². The smallest absolute Gasteiger partial charge is 0.325 e. The molecule has 10 heteroatoms. The first-order chi connectivity index (χ1) is 13.3. The first-order valence-electron chi connectivity index (χ1n) is 8.01. The molecule has 0 saturated carbocycles. The molecule has 0 heterocycles. The van der Waals surface area contributed by atoms with Gasteiger partial charge in [-0.3, -0.25) is 24.5 Å². The molecule has 9 nitrogen and oxygen atoms in total. The predicted molar refractivity (Wildman–Crippen MR) is 96.2 cm³/mol. The summed E-state index contributed by atoms with van der Waals surface area (Å²) in [6, 6.07) is 9.37. The van der Waals surface area contributed by atoms with Gasteiger partial charge in [0.25, 0.3) is 17.5 Å². The molecule has 0 fully saturated rings. The number of hydrogen-bond donors (Lipinski definition) is 2. The molecular formula is C18H16FN3O6. The van der Waals surface area contributed by atoms with Crippen LogP contribution in [0, 0.1) is 22.9 Å². The van der Waals surface area contributed by atoms with Crippen molar-refractivity contribution in [3.8, 4) is 0 Å². The minimum atomic E-state index is -0.908. The first-order valence-corrected chi connectivity index (χ1v) is 8.01. The standard InChI is InChI=1S/C18H16FN3O6/c1-11-6-7-12(8-15(11)22(26)27)21-16(23)10-28-17(24)9-20-18(25)13-4-2-3-5-14(13)19/h2-8H,9-10H2,1H3,(H,20,25)(H,21,23). The van der Waals surface area contributed by atoms with Crippen LogP contribution in [0.1, 0.15) is 15.9 Å². The molecule has 0 radical (unpaired) electrons. The van der Waals surface area contributed by atoms with Crippen LogP contribution in [0.3, 0.4) is 0 Å². The number of amides is 2. The molecule has 0 atom stereocenters. The molecule has 2 aromatic rings. The largest absolute Gasteiger partial charge is 0.454 e. The molecule has 0 spiro atoms. The van der Waals surface area contributed by atoms with Gasteiger partial charge in [-0.2, -0.15) is 0 Å². The van der Waals surface area contributed by atoms with Gasteiger partial charge in [0.15, 0.2) is 6.61 Å². The van der Waals surface area contributed by atoms with E-state index in [1.165, 1.54) is 36.4 Å². The van der Waals surface area contributed by atoms with Crippen molar-refractivity contribution in [2.24, 2.45) is 0 Å². The zero-order valence-electron chi connectivity index (χ0n) is 14.7. The molecule has 0 aliphatic heterocycles. The first kappa shape index (κ1) is 20.5. The second kappa shape index (κ2) is 9.21. The van der Waals surface area contributed by atoms with Crippen molar-refractivity contribution >= 4 is 29.2 Å². The van der Waals surface area contributed by atoms with Crippen molar-refractivity contribution in [1.29, 1.82) is 0 Å². The van der Waals surface area contributed by atoms with E-state index in [4.69, 9.17) is 4.74 Å². The molecule has 2 rings (SSSR count). The lowest BCUT2D eigenvalue weighted by atomic mass is 10.2. The summed E-state index contributed by atoms with van der Waals surface area (Å²) >= 11 is 0. The zero-order valence-corrected chi connectivity index (χ0v) is 14.7. The summed E-state index contributed by atoms with van der Waals surface area (Å²) in [4.78, 5) is 45.5. The van der Waals surface area contributed by atoms with Crippen LogP contribution < -0.4 is 10.6 Å². The number of nitro groups is 1. The Kier molecular flexibility index (Phi) is 6.74. The summed E-state index contributed by atoms with van der Waals surface area (Å²) in [5.74, 6) is -3.16. The normalized spacial score (nSPS) is 10.1. The Bertz CT molecular complexity index is 931. The maximum Gasteiger partial charge on any atom is 0.325 e. The Hall–Kier alpha value is -3.82. The van der Waals surface area contributed by atoms with E-state index in [2.05, 4.69) is 10.6 Å². The third-order valence-electron chi connectivity index (χ3n) is 3.57. The average Bonchev–Trinajstić information content (AvgIpc) is 2.66. The monoisotopic (exact) mass is 389 g/mol. The lowest BCUT2D eigenvalue weighted by Crippen LogP contribution is -2.32. The highest BCUT2D eigenvalue weighted by molar-refractivity contribution is 5.96. The number of nitro benzene ring substituents is 1. The molecule has 28 heavy (non-hydrogen) atoms. The molecule has 2 amide bonds. The number of anilines is 1. The van der Waals surface area contributed by atoms with E-state index >= 15 is 0 Å². The molecule has 0 unspecified atom stereocenters. The second-order valence-electron chi connectivity index (χ2n) is 5.63. The van der Waals surface area contributed by atoms with Crippen LogP contribution in [-0.2, 0) is 14.3 Å². The lowest BCUT2D eigenvalue weighted by Gasteiger charge is -2.08. The molecule has 0 bridgehead atoms. The Morgan fingerprint density at radius 1 is 1.18 bits per heavy atom. The number of ether oxygens (including phenoxy) is 1. The van der Waals surface area contributed by atoms with Gasteiger partial charge in [0, 0.05) is 17.3 Å². The van der Waals surface area contributed by atoms with Crippen molar-refractivity contribution in [3.63, 3.8) is 0 Å². The van der Waals surface area contributed by atoms with Crippen LogP contribution in [0.4, 0.5) is 15.8 Å². The molecule has 2 aromatic carbocycles. The van der Waals surface area contributed by atoms with Gasteiger partial charge in [-0.05, 0) is 25.1 Å². The van der Waals surface area contributed by atoms with Crippen molar-refractivity contribution in [3.05, 3.63) is 69.5 Å². The molecule has 146 valence electrons. The minimum Gasteiger partial charge on any atom is -0.454 e. The number of rotatable bonds is 7. The molecular weight excluding hydrogens is 373 g/mol. The molecule has 0 aliphatic rings. The molecule has 0 aromatic heterocycles. The number of benzene rings is 2. The van der Waals surface area contributed by atoms with E-state index in [9.17, 15) is 28.9 Å². The van der Waals surface area contributed by atoms with Crippen LogP contribution >= 0.6 is 0 Å². The van der Waals surface area contributed by atoms with Gasteiger partial charge in [0.05, 0.1) is 10.5 Å². The number of aryl methyl sites for hydroxylation is 1. The van der Waals surface area contributed by atoms with Crippen LogP contribution in [0.2, 0.25) is 0 Å². The van der Waals surface area contributed by atoms with Gasteiger partial charge in [-0.15, -0.1) is 0 Å². The fourth-order valence-electron chi connectivity index (χ4n) is 2.17. The summed E-state index contributed by atoms with van der Waals surface area (Å²) in [6.07, 6.45) is 0. The second-order valence-corrected chi connectivity index (χ2v) is 5.63. The van der Waals surface area contributed by atoms with Gasteiger partial charge in [0.2, 0.25) is 0 Å². The van der Waals surface area contributed by atoms with E-state index in [1.807, 2.05) is 0 Å². The Morgan fingerprint density at radius 2 is 1.89 bits per heavy atom. The Labute approximate surface area is 158 Å². The number of carbonyl (C=O) groups is 3. The highest BCUT2D eigenvalue weighted by Crippen LogP contribution is 2.22. The van der Waals surface area contributed by atoms with Crippen molar-refractivity contribution in [1.82, 2.24) is 5.32 Å². The van der Waals surface area contributed by atoms with Gasteiger partial charge in [0.1, 0.15) is 12.4 Å². The van der Waals surface area contributed by atoms with E-state index in [-0.39, 0.29) is 16.9 Å². The number of hydrogen-bond acceptors (Lipinski definition) is 6. The molecule has 2 N–H and O–H groups in total. The fourth-order valence-corrected chi connectivity index (χ4v) is 2.17. The van der Waals surface area contributed by atoms with E-state index in [0.717, 1.165) is 6.07 Å². The quantitative estimate of drug-likeness (QED) is 0.423. The van der Waals surface area contributed by atoms with Crippen LogP contribution in [0.15, 0.2) is 42.5 Å². The Balaban J connectivity index is 1.80. The summed E-state index contributed by atoms with van der Waals surface area (Å²) in [7, 11) is 0. The van der Waals surface area contributed by atoms with E-state index in [0.29, 0.717) is 5.56 Å². The summed E-state index contributed by atoms with van der Waals surface area (Å²) in [5.41, 5.74) is 0.214. The van der Waals surface area contributed by atoms with Gasteiger partial charge < -0.3 is 15.4 Å². The van der Waals surface area contributed by atoms with Crippen LogP contribution in [0.25, 0.3) is 0 Å². The van der Waals surface area contributed by atoms with Crippen LogP contribution in [-0.4, -0.2) is 35.9 Å². The molecule has 0 aliphatic carbocycles. The number of nitrogens with zero attached hydrogens (tertiary/aromatic N) is 1. The highest BCUT2D eigenvalue weighted by atomic mass is 19.1. The number of nitrogens with one attached hydrogen (secondary N) is 2. The average molecular weight is 389 g/mol. The number of carbonyl (C=O) groups excluding carboxylic acids is 3. The van der Waals surface area contributed by atoms with E-state index in [1.54, 1.807) is 6.92 Å². The Morgan fingerprint density at radius 3 is 2.57 bits per heavy atom. The fraction of sp³-hybridized carbons (Fsp3) is 0.167. The lowest BCUT2D eigenvalue weighted by molar-refractivity contribution is -0.385. The van der Waals surface area contributed by atoms with Gasteiger partial charge >= 0.3 is 5.97 Å². The van der Waals surface area contributed by atoms with Gasteiger partial charge in [-0.25, -0.2) is 4.39 Å². The minimum absolute atomic E-state index is 0.161. The topological polar surface area (TPSA) is 128 Å². The summed E-state index contributed by atoms with van der Waals surface area (Å²) < 4.78 is 18.2. The maximum atomic E-state index is 13.5. The third-order valence-corrected chi connectivity index (χ3v) is 3.57. The molecule has 0 saturated heterocycles. The van der Waals surface area contributed by atoms with Gasteiger partial charge in [-0.1, -0.05) is 18.2 Å². The van der Waals surface area contributed by atoms with Crippen molar-refractivity contribution in [2.45, 2.75) is 6.92 Å². The predicted octanol–water partition coefficient (Wildman–Crippen LogP) is 1.95. The number of halogens is 1. The van der Waals surface area contributed by atoms with Crippen LogP contribution in [0.5, 0.6) is 0 Å². The third kappa shape index (κ3) is 5.59. The highest BCUT2D eigenvalue weighted by Gasteiger charge is 2.15. The number of esters is 1. The van der Waals surface area contributed by atoms with E-state index < -0.39 is 41.7 Å².